The van der Waals surface area contributed by atoms with Gasteiger partial charge in [0.25, 0.3) is 0 Å². The monoisotopic (exact) mass is 364 g/mol. The highest BCUT2D eigenvalue weighted by Crippen LogP contribution is 2.54. The molecule has 1 unspecified atom stereocenters. The van der Waals surface area contributed by atoms with Gasteiger partial charge in [0.15, 0.2) is 6.42 Å². The molecule has 0 radical (unpaired) electrons. The summed E-state index contributed by atoms with van der Waals surface area (Å²) in [4.78, 5) is 10.9. The minimum atomic E-state index is -2.39. The molecule has 0 fully saturated rings. The fraction of sp³-hybridized carbons (Fsp3) is 0.500. The van der Waals surface area contributed by atoms with Gasteiger partial charge in [-0.25, -0.2) is 9.10 Å². The van der Waals surface area contributed by atoms with Gasteiger partial charge in [-0.05, 0) is 30.4 Å². The van der Waals surface area contributed by atoms with Crippen LogP contribution < -0.4 is 4.52 Å². The lowest BCUT2D eigenvalue weighted by Gasteiger charge is -2.34. The Kier molecular flexibility index (Phi) is 8.39. The van der Waals surface area contributed by atoms with Crippen LogP contribution in [-0.2, 0) is 11.8 Å². The summed E-state index contributed by atoms with van der Waals surface area (Å²) in [5.74, 6) is 0.698. The lowest BCUT2D eigenvalue weighted by molar-refractivity contribution is 0.209. The van der Waals surface area contributed by atoms with E-state index in [4.69, 9.17) is 16.3 Å². The minimum absolute atomic E-state index is 0.627. The van der Waals surface area contributed by atoms with Gasteiger partial charge in [-0.3, -0.25) is 0 Å². The van der Waals surface area contributed by atoms with E-state index in [1.165, 1.54) is 7.05 Å². The Labute approximate surface area is 141 Å². The molecule has 0 aromatic heterocycles. The summed E-state index contributed by atoms with van der Waals surface area (Å²) in [5.41, 5.74) is 0. The molecule has 0 aliphatic heterocycles. The Morgan fingerprint density at radius 3 is 2.50 bits per heavy atom. The summed E-state index contributed by atoms with van der Waals surface area (Å²) >= 11 is 6.76. The highest BCUT2D eigenvalue weighted by atomic mass is 32.5. The number of hydrogen-bond acceptors (Lipinski definition) is 4. The first-order valence-electron chi connectivity index (χ1n) is 7.16. The summed E-state index contributed by atoms with van der Waals surface area (Å²) in [6.45, 7) is 4.68. The predicted molar refractivity (Wildman–Crippen MR) is 95.4 cm³/mol. The topological polar surface area (TPSA) is 32.8 Å². The first kappa shape index (κ1) is 19.4. The van der Waals surface area contributed by atoms with Crippen molar-refractivity contribution in [2.45, 2.75) is 26.7 Å². The van der Waals surface area contributed by atoms with Crippen LogP contribution in [0.5, 0.6) is 5.75 Å². The van der Waals surface area contributed by atoms with E-state index in [0.717, 1.165) is 29.3 Å². The molecule has 4 nitrogen and oxygen atoms in total. The predicted octanol–water partition coefficient (Wildman–Crippen LogP) is 5.08. The van der Waals surface area contributed by atoms with Gasteiger partial charge in [-0.1, -0.05) is 38.5 Å². The smallest absolute Gasteiger partial charge is 0.410 e. The number of rotatable bonds is 9. The van der Waals surface area contributed by atoms with Crippen LogP contribution in [0.15, 0.2) is 30.3 Å². The summed E-state index contributed by atoms with van der Waals surface area (Å²) in [5, 5.41) is 0. The van der Waals surface area contributed by atoms with E-state index in [1.54, 1.807) is 0 Å². The highest BCUT2D eigenvalue weighted by Gasteiger charge is 2.29. The molecule has 0 N–H and O–H groups in total. The summed E-state index contributed by atoms with van der Waals surface area (Å²) < 4.78 is 21.7. The molecule has 8 heteroatoms. The lowest BCUT2D eigenvalue weighted by Crippen LogP contribution is -2.25. The van der Waals surface area contributed by atoms with Crippen LogP contribution in [0.3, 0.4) is 0 Å². The standard InChI is InChI=1S/C14H22FN2O2PS2/c1-4-6-12-17(22-16(3)14(15)18)20(21,5-2)19-13-10-8-7-9-11-13/h7-11H,4-6,12H2,1-3H3. The quantitative estimate of drug-likeness (QED) is 0.264. The van der Waals surface area contributed by atoms with E-state index in [1.807, 2.05) is 41.3 Å². The van der Waals surface area contributed by atoms with E-state index in [-0.39, 0.29) is 0 Å². The number of halogens is 1. The van der Waals surface area contributed by atoms with E-state index in [9.17, 15) is 9.18 Å². The van der Waals surface area contributed by atoms with Crippen LogP contribution in [0.25, 0.3) is 0 Å². The maximum Gasteiger partial charge on any atom is 0.410 e. The summed E-state index contributed by atoms with van der Waals surface area (Å²) in [6.07, 6.45) is -1.37. The van der Waals surface area contributed by atoms with Crippen LogP contribution in [0.2, 0.25) is 0 Å². The van der Waals surface area contributed by atoms with E-state index in [2.05, 4.69) is 6.92 Å². The van der Waals surface area contributed by atoms with Crippen LogP contribution in [0.4, 0.5) is 9.18 Å². The number of amides is 1. The van der Waals surface area contributed by atoms with Crippen molar-refractivity contribution in [2.75, 3.05) is 19.8 Å². The van der Waals surface area contributed by atoms with Crippen molar-refractivity contribution >= 4 is 36.5 Å². The van der Waals surface area contributed by atoms with Crippen molar-refractivity contribution < 1.29 is 13.7 Å². The molecule has 0 aliphatic carbocycles. The van der Waals surface area contributed by atoms with Crippen LogP contribution in [0, 0.1) is 0 Å². The fourth-order valence-corrected chi connectivity index (χ4v) is 5.61. The normalized spacial score (nSPS) is 13.7. The Balaban J connectivity index is 2.94. The SMILES string of the molecule is CCCCN(SN(C)C(=O)F)P(=S)(CC)Oc1ccccc1. The van der Waals surface area contributed by atoms with Gasteiger partial charge in [-0.2, -0.15) is 4.08 Å². The van der Waals surface area contributed by atoms with E-state index >= 15 is 0 Å². The number of hydrogen-bond donors (Lipinski definition) is 0. The van der Waals surface area contributed by atoms with Gasteiger partial charge in [0.2, 0.25) is 0 Å². The van der Waals surface area contributed by atoms with Crippen LogP contribution >= 0.6 is 18.5 Å². The zero-order valence-corrected chi connectivity index (χ0v) is 15.6. The van der Waals surface area contributed by atoms with Gasteiger partial charge in [0, 0.05) is 19.8 Å². The van der Waals surface area contributed by atoms with Crippen molar-refractivity contribution in [3.8, 4) is 5.75 Å². The molecular weight excluding hydrogens is 342 g/mol. The zero-order valence-electron chi connectivity index (χ0n) is 13.1. The number of nitrogens with zero attached hydrogens (tertiary/aromatic N) is 2. The third-order valence-corrected chi connectivity index (χ3v) is 8.74. The summed E-state index contributed by atoms with van der Waals surface area (Å²) in [7, 11) is 1.39. The van der Waals surface area contributed by atoms with Gasteiger partial charge >= 0.3 is 6.16 Å². The maximum absolute atomic E-state index is 12.9. The average Bonchev–Trinajstić information content (AvgIpc) is 2.51. The van der Waals surface area contributed by atoms with Crippen molar-refractivity contribution in [1.29, 1.82) is 0 Å². The molecule has 1 amide bonds. The molecule has 1 atom stereocenters. The maximum atomic E-state index is 12.9. The molecule has 22 heavy (non-hydrogen) atoms. The minimum Gasteiger partial charge on any atom is -0.452 e. The van der Waals surface area contributed by atoms with Crippen molar-refractivity contribution in [3.05, 3.63) is 30.3 Å². The number of benzene rings is 1. The first-order chi connectivity index (χ1) is 10.4. The second-order valence-electron chi connectivity index (χ2n) is 4.62. The molecule has 1 aromatic carbocycles. The van der Waals surface area contributed by atoms with Gasteiger partial charge in [0.1, 0.15) is 5.75 Å². The number of para-hydroxylation sites is 1. The average molecular weight is 364 g/mol. The molecule has 0 saturated heterocycles. The third kappa shape index (κ3) is 5.88. The molecule has 0 heterocycles. The molecule has 1 aromatic rings. The first-order valence-corrected chi connectivity index (χ1v) is 10.7. The Morgan fingerprint density at radius 1 is 1.36 bits per heavy atom. The molecule has 1 rings (SSSR count). The van der Waals surface area contributed by atoms with E-state index < -0.39 is 12.6 Å². The third-order valence-electron chi connectivity index (χ3n) is 2.90. The van der Waals surface area contributed by atoms with E-state index in [0.29, 0.717) is 18.5 Å². The Hall–Kier alpha value is -0.620. The number of carbonyl (C=O) groups excluding carboxylic acids is 1. The van der Waals surface area contributed by atoms with Crippen LogP contribution in [0.1, 0.15) is 26.7 Å². The van der Waals surface area contributed by atoms with Crippen LogP contribution in [-0.4, -0.2) is 34.3 Å². The molecular formula is C14H22FN2O2PS2. The molecule has 124 valence electrons. The lowest BCUT2D eigenvalue weighted by atomic mass is 10.3. The van der Waals surface area contributed by atoms with Gasteiger partial charge < -0.3 is 4.52 Å². The molecule has 0 aliphatic rings. The fourth-order valence-electron chi connectivity index (χ4n) is 1.63. The van der Waals surface area contributed by atoms with Gasteiger partial charge in [-0.15, -0.1) is 4.39 Å². The van der Waals surface area contributed by atoms with Crippen molar-refractivity contribution in [3.63, 3.8) is 0 Å². The largest absolute Gasteiger partial charge is 0.452 e. The second kappa shape index (κ2) is 9.50. The summed E-state index contributed by atoms with van der Waals surface area (Å²) in [6, 6.07) is 9.37. The zero-order chi connectivity index (χ0) is 16.6. The highest BCUT2D eigenvalue weighted by molar-refractivity contribution is 8.17. The van der Waals surface area contributed by atoms with Crippen molar-refractivity contribution in [2.24, 2.45) is 0 Å². The second-order valence-corrected chi connectivity index (χ2v) is 10.3. The Bertz CT molecular complexity index is 519. The Morgan fingerprint density at radius 2 is 2.00 bits per heavy atom. The molecule has 0 bridgehead atoms. The van der Waals surface area contributed by atoms with Gasteiger partial charge in [0.05, 0.1) is 12.1 Å². The van der Waals surface area contributed by atoms with Crippen molar-refractivity contribution in [1.82, 2.24) is 8.38 Å². The molecule has 0 saturated carbocycles. The number of carbonyl (C=O) groups is 1. The molecule has 0 spiro atoms. The number of unbranched alkanes of at least 4 members (excludes halogenated alkanes) is 1.